The van der Waals surface area contributed by atoms with E-state index in [1.165, 1.54) is 0 Å². The summed E-state index contributed by atoms with van der Waals surface area (Å²) in [6, 6.07) is 9.24. The molecule has 5 heteroatoms. The molecule has 0 saturated heterocycles. The lowest BCUT2D eigenvalue weighted by Crippen LogP contribution is -2.37. The third-order valence-electron chi connectivity index (χ3n) is 3.68. The first kappa shape index (κ1) is 16.1. The maximum absolute atomic E-state index is 12.5. The summed E-state index contributed by atoms with van der Waals surface area (Å²) in [5, 5.41) is 0. The fourth-order valence-electron chi connectivity index (χ4n) is 2.41. The van der Waals surface area contributed by atoms with Crippen molar-refractivity contribution in [3.05, 3.63) is 46.2 Å². The van der Waals surface area contributed by atoms with Crippen molar-refractivity contribution in [3.63, 3.8) is 0 Å². The van der Waals surface area contributed by atoms with E-state index in [1.54, 1.807) is 31.9 Å². The molecule has 0 aliphatic rings. The molecule has 0 atom stereocenters. The third kappa shape index (κ3) is 2.85. The summed E-state index contributed by atoms with van der Waals surface area (Å²) in [6.45, 7) is 3.64. The maximum Gasteiger partial charge on any atom is 0.255 e. The van der Waals surface area contributed by atoms with Gasteiger partial charge in [-0.2, -0.15) is 0 Å². The van der Waals surface area contributed by atoms with Crippen LogP contribution in [-0.4, -0.2) is 18.8 Å². The molecule has 2 N–H and O–H groups in total. The van der Waals surface area contributed by atoms with Crippen molar-refractivity contribution >= 4 is 0 Å². The van der Waals surface area contributed by atoms with Crippen molar-refractivity contribution in [2.45, 2.75) is 19.4 Å². The van der Waals surface area contributed by atoms with Gasteiger partial charge in [-0.25, -0.2) is 0 Å². The second-order valence-corrected chi connectivity index (χ2v) is 5.79. The van der Waals surface area contributed by atoms with E-state index in [-0.39, 0.29) is 5.56 Å². The molecule has 1 aromatic carbocycles. The minimum Gasteiger partial charge on any atom is -0.493 e. The molecule has 118 valence electrons. The van der Waals surface area contributed by atoms with E-state index in [2.05, 4.69) is 0 Å². The number of benzene rings is 1. The molecule has 0 bridgehead atoms. The molecule has 1 aromatic heterocycles. The summed E-state index contributed by atoms with van der Waals surface area (Å²) < 4.78 is 12.2. The number of aromatic nitrogens is 1. The van der Waals surface area contributed by atoms with Gasteiger partial charge in [-0.15, -0.1) is 0 Å². The van der Waals surface area contributed by atoms with Crippen molar-refractivity contribution in [1.29, 1.82) is 0 Å². The van der Waals surface area contributed by atoms with Gasteiger partial charge in [0.1, 0.15) is 0 Å². The lowest BCUT2D eigenvalue weighted by Gasteiger charge is -2.20. The number of nitrogens with zero attached hydrogens (tertiary/aromatic N) is 1. The molecule has 0 radical (unpaired) electrons. The topological polar surface area (TPSA) is 66.5 Å². The summed E-state index contributed by atoms with van der Waals surface area (Å²) in [7, 11) is 4.91. The lowest BCUT2D eigenvalue weighted by atomic mass is 9.96. The van der Waals surface area contributed by atoms with Gasteiger partial charge in [-0.05, 0) is 44.2 Å². The van der Waals surface area contributed by atoms with E-state index >= 15 is 0 Å². The molecule has 2 aromatic rings. The first-order chi connectivity index (χ1) is 10.3. The summed E-state index contributed by atoms with van der Waals surface area (Å²) in [5.74, 6) is 1.27. The zero-order valence-corrected chi connectivity index (χ0v) is 13.6. The minimum atomic E-state index is -0.676. The van der Waals surface area contributed by atoms with E-state index in [0.29, 0.717) is 17.1 Å². The van der Waals surface area contributed by atoms with E-state index in [4.69, 9.17) is 15.2 Å². The predicted octanol–water partition coefficient (Wildman–Crippen LogP) is 2.26. The molecule has 0 aliphatic heterocycles. The first-order valence-electron chi connectivity index (χ1n) is 7.01. The Balaban J connectivity index is 2.60. The van der Waals surface area contributed by atoms with Gasteiger partial charge in [0.05, 0.1) is 19.9 Å². The Hall–Kier alpha value is -2.27. The van der Waals surface area contributed by atoms with Crippen molar-refractivity contribution in [2.75, 3.05) is 14.2 Å². The Morgan fingerprint density at radius 1 is 1.05 bits per heavy atom. The van der Waals surface area contributed by atoms with Gasteiger partial charge >= 0.3 is 0 Å². The van der Waals surface area contributed by atoms with Crippen LogP contribution < -0.4 is 20.8 Å². The van der Waals surface area contributed by atoms with Gasteiger partial charge in [-0.1, -0.05) is 0 Å². The zero-order chi connectivity index (χ0) is 16.5. The van der Waals surface area contributed by atoms with Crippen LogP contribution in [0.5, 0.6) is 11.5 Å². The van der Waals surface area contributed by atoms with Crippen LogP contribution in [0.3, 0.4) is 0 Å². The van der Waals surface area contributed by atoms with E-state index in [0.717, 1.165) is 11.3 Å². The molecule has 0 amide bonds. The average molecular weight is 302 g/mol. The highest BCUT2D eigenvalue weighted by molar-refractivity contribution is 5.64. The fraction of sp³-hybridized carbons (Fsp3) is 0.353. The van der Waals surface area contributed by atoms with Crippen LogP contribution in [0.2, 0.25) is 0 Å². The summed E-state index contributed by atoms with van der Waals surface area (Å²) in [5.41, 5.74) is 7.52. The second-order valence-electron chi connectivity index (χ2n) is 5.79. The van der Waals surface area contributed by atoms with Gasteiger partial charge in [0.25, 0.3) is 5.56 Å². The van der Waals surface area contributed by atoms with E-state index < -0.39 is 5.54 Å². The summed E-state index contributed by atoms with van der Waals surface area (Å²) >= 11 is 0. The van der Waals surface area contributed by atoms with Crippen LogP contribution in [0.1, 0.15) is 19.4 Å². The SMILES string of the molecule is COc1ccc(-c2ccc(C(C)(C)N)c(=O)n2C)cc1OC. The molecular formula is C17H22N2O3. The largest absolute Gasteiger partial charge is 0.493 e. The minimum absolute atomic E-state index is 0.0974. The van der Waals surface area contributed by atoms with Crippen LogP contribution in [-0.2, 0) is 12.6 Å². The number of hydrogen-bond acceptors (Lipinski definition) is 4. The van der Waals surface area contributed by atoms with Gasteiger partial charge in [0.15, 0.2) is 11.5 Å². The smallest absolute Gasteiger partial charge is 0.255 e. The summed E-state index contributed by atoms with van der Waals surface area (Å²) in [6.07, 6.45) is 0. The first-order valence-corrected chi connectivity index (χ1v) is 7.01. The second kappa shape index (κ2) is 5.85. The van der Waals surface area contributed by atoms with Gasteiger partial charge in [0, 0.05) is 23.7 Å². The standard InChI is InChI=1S/C17H22N2O3/c1-17(2,18)12-7-8-13(19(3)16(12)20)11-6-9-14(21-4)15(10-11)22-5/h6-10H,18H2,1-5H3. The van der Waals surface area contributed by atoms with Gasteiger partial charge in [0.2, 0.25) is 0 Å². The molecule has 0 aliphatic carbocycles. The highest BCUT2D eigenvalue weighted by Gasteiger charge is 2.20. The Bertz CT molecular complexity index is 743. The molecule has 0 unspecified atom stereocenters. The molecule has 5 nitrogen and oxygen atoms in total. The Kier molecular flexibility index (Phi) is 4.28. The number of ether oxygens (including phenoxy) is 2. The van der Waals surface area contributed by atoms with Crippen LogP contribution >= 0.6 is 0 Å². The molecule has 22 heavy (non-hydrogen) atoms. The van der Waals surface area contributed by atoms with Crippen molar-refractivity contribution < 1.29 is 9.47 Å². The van der Waals surface area contributed by atoms with Crippen LogP contribution in [0, 0.1) is 0 Å². The number of methoxy groups -OCH3 is 2. The van der Waals surface area contributed by atoms with Crippen molar-refractivity contribution in [3.8, 4) is 22.8 Å². The molecule has 0 fully saturated rings. The Morgan fingerprint density at radius 3 is 2.23 bits per heavy atom. The van der Waals surface area contributed by atoms with Crippen LogP contribution in [0.25, 0.3) is 11.3 Å². The number of hydrogen-bond donors (Lipinski definition) is 1. The molecule has 0 spiro atoms. The molecule has 2 rings (SSSR count). The Morgan fingerprint density at radius 2 is 1.68 bits per heavy atom. The quantitative estimate of drug-likeness (QED) is 0.941. The highest BCUT2D eigenvalue weighted by Crippen LogP contribution is 2.32. The number of rotatable bonds is 4. The van der Waals surface area contributed by atoms with E-state index in [9.17, 15) is 4.79 Å². The fourth-order valence-corrected chi connectivity index (χ4v) is 2.41. The number of pyridine rings is 1. The Labute approximate surface area is 130 Å². The van der Waals surface area contributed by atoms with Crippen LogP contribution in [0.4, 0.5) is 0 Å². The summed E-state index contributed by atoms with van der Waals surface area (Å²) in [4.78, 5) is 12.5. The number of nitrogens with two attached hydrogens (primary N) is 1. The maximum atomic E-state index is 12.5. The van der Waals surface area contributed by atoms with Gasteiger partial charge < -0.3 is 19.8 Å². The average Bonchev–Trinajstić information content (AvgIpc) is 2.48. The normalized spacial score (nSPS) is 11.4. The van der Waals surface area contributed by atoms with Gasteiger partial charge in [-0.3, -0.25) is 4.79 Å². The lowest BCUT2D eigenvalue weighted by molar-refractivity contribution is 0.355. The van der Waals surface area contributed by atoms with Crippen molar-refractivity contribution in [1.82, 2.24) is 4.57 Å². The predicted molar refractivity (Wildman–Crippen MR) is 87.4 cm³/mol. The third-order valence-corrected chi connectivity index (χ3v) is 3.68. The molecule has 1 heterocycles. The van der Waals surface area contributed by atoms with Crippen molar-refractivity contribution in [2.24, 2.45) is 12.8 Å². The monoisotopic (exact) mass is 302 g/mol. The zero-order valence-electron chi connectivity index (χ0n) is 13.6. The van der Waals surface area contributed by atoms with E-state index in [1.807, 2.05) is 38.1 Å². The molecule has 0 saturated carbocycles. The molecular weight excluding hydrogens is 280 g/mol. The highest BCUT2D eigenvalue weighted by atomic mass is 16.5. The van der Waals surface area contributed by atoms with Crippen LogP contribution in [0.15, 0.2) is 35.1 Å².